The molecule has 1 aromatic rings. The van der Waals surface area contributed by atoms with Crippen LogP contribution in [0.3, 0.4) is 0 Å². The lowest BCUT2D eigenvalue weighted by Gasteiger charge is -2.19. The second-order valence-corrected chi connectivity index (χ2v) is 5.58. The molecule has 3 N–H and O–H groups in total. The summed E-state index contributed by atoms with van der Waals surface area (Å²) in [4.78, 5) is 23.4. The van der Waals surface area contributed by atoms with Crippen LogP contribution in [-0.2, 0) is 11.2 Å². The molecule has 0 bridgehead atoms. The topological polar surface area (TPSA) is 78.4 Å². The van der Waals surface area contributed by atoms with Crippen LogP contribution >= 0.6 is 0 Å². The van der Waals surface area contributed by atoms with E-state index in [0.717, 1.165) is 17.7 Å². The molecule has 2 rings (SSSR count). The summed E-state index contributed by atoms with van der Waals surface area (Å²) in [5.74, 6) is -0.0301. The number of anilines is 1. The molecular weight excluding hydrogens is 268 g/mol. The Balaban J connectivity index is 1.99. The minimum absolute atomic E-state index is 0.0105. The van der Waals surface area contributed by atoms with Crippen LogP contribution in [-0.4, -0.2) is 29.6 Å². The SMILES string of the molecule is CCC(C)C(O)CNC(=O)c1ccc2c(c1)CCC(=O)N2. The summed E-state index contributed by atoms with van der Waals surface area (Å²) in [6.45, 7) is 4.22. The highest BCUT2D eigenvalue weighted by atomic mass is 16.3. The second kappa shape index (κ2) is 6.72. The molecular formula is C16H22N2O3. The van der Waals surface area contributed by atoms with E-state index in [9.17, 15) is 14.7 Å². The molecule has 0 saturated heterocycles. The standard InChI is InChI=1S/C16H22N2O3/c1-3-10(2)14(19)9-17-16(21)12-4-6-13-11(8-12)5-7-15(20)18-13/h4,6,8,10,14,19H,3,5,7,9H2,1-2H3,(H,17,21)(H,18,20). The zero-order chi connectivity index (χ0) is 15.4. The molecule has 1 heterocycles. The monoisotopic (exact) mass is 290 g/mol. The third kappa shape index (κ3) is 3.82. The number of aliphatic hydroxyl groups excluding tert-OH is 1. The van der Waals surface area contributed by atoms with Gasteiger partial charge in [0.25, 0.3) is 5.91 Å². The Hall–Kier alpha value is -1.88. The molecule has 0 radical (unpaired) electrons. The molecule has 5 nitrogen and oxygen atoms in total. The molecule has 0 aromatic heterocycles. The van der Waals surface area contributed by atoms with Crippen LogP contribution in [0.1, 0.15) is 42.6 Å². The molecule has 0 saturated carbocycles. The predicted octanol–water partition coefficient (Wildman–Crippen LogP) is 1.71. The zero-order valence-electron chi connectivity index (χ0n) is 12.5. The van der Waals surface area contributed by atoms with E-state index in [1.165, 1.54) is 0 Å². The van der Waals surface area contributed by atoms with Gasteiger partial charge in [0.1, 0.15) is 0 Å². The molecule has 2 amide bonds. The highest BCUT2D eigenvalue weighted by Gasteiger charge is 2.18. The Morgan fingerprint density at radius 3 is 2.90 bits per heavy atom. The van der Waals surface area contributed by atoms with Gasteiger partial charge < -0.3 is 15.7 Å². The van der Waals surface area contributed by atoms with E-state index in [-0.39, 0.29) is 24.3 Å². The van der Waals surface area contributed by atoms with E-state index in [0.29, 0.717) is 18.4 Å². The predicted molar refractivity (Wildman–Crippen MR) is 81.2 cm³/mol. The fourth-order valence-electron chi connectivity index (χ4n) is 2.30. The third-order valence-electron chi connectivity index (χ3n) is 4.04. The third-order valence-corrected chi connectivity index (χ3v) is 4.04. The minimum atomic E-state index is -0.532. The number of carbonyl (C=O) groups excluding carboxylic acids is 2. The first kappa shape index (κ1) is 15.5. The second-order valence-electron chi connectivity index (χ2n) is 5.58. The highest BCUT2D eigenvalue weighted by molar-refractivity contribution is 5.97. The van der Waals surface area contributed by atoms with Crippen molar-refractivity contribution in [2.24, 2.45) is 5.92 Å². The largest absolute Gasteiger partial charge is 0.391 e. The van der Waals surface area contributed by atoms with Crippen LogP contribution in [0, 0.1) is 5.92 Å². The van der Waals surface area contributed by atoms with Gasteiger partial charge in [-0.15, -0.1) is 0 Å². The summed E-state index contributed by atoms with van der Waals surface area (Å²) in [7, 11) is 0. The highest BCUT2D eigenvalue weighted by Crippen LogP contribution is 2.23. The van der Waals surface area contributed by atoms with Crippen molar-refractivity contribution in [1.82, 2.24) is 5.32 Å². The van der Waals surface area contributed by atoms with Crippen LogP contribution < -0.4 is 10.6 Å². The van der Waals surface area contributed by atoms with Crippen molar-refractivity contribution in [2.45, 2.75) is 39.2 Å². The van der Waals surface area contributed by atoms with E-state index in [2.05, 4.69) is 10.6 Å². The smallest absolute Gasteiger partial charge is 0.251 e. The number of aliphatic hydroxyl groups is 1. The van der Waals surface area contributed by atoms with Crippen molar-refractivity contribution >= 4 is 17.5 Å². The summed E-state index contributed by atoms with van der Waals surface area (Å²) in [5.41, 5.74) is 2.31. The van der Waals surface area contributed by atoms with E-state index >= 15 is 0 Å². The number of rotatable bonds is 5. The Labute approximate surface area is 124 Å². The molecule has 1 aliphatic rings. The van der Waals surface area contributed by atoms with Gasteiger partial charge in [0.15, 0.2) is 0 Å². The van der Waals surface area contributed by atoms with Gasteiger partial charge in [0, 0.05) is 24.2 Å². The maximum atomic E-state index is 12.1. The maximum absolute atomic E-state index is 12.1. The van der Waals surface area contributed by atoms with Crippen molar-refractivity contribution in [3.63, 3.8) is 0 Å². The number of amides is 2. The number of benzene rings is 1. The average molecular weight is 290 g/mol. The number of carbonyl (C=O) groups is 2. The van der Waals surface area contributed by atoms with Crippen LogP contribution in [0.5, 0.6) is 0 Å². The molecule has 1 aliphatic heterocycles. The quantitative estimate of drug-likeness (QED) is 0.772. The molecule has 0 aliphatic carbocycles. The van der Waals surface area contributed by atoms with Gasteiger partial charge in [-0.25, -0.2) is 0 Å². The minimum Gasteiger partial charge on any atom is -0.391 e. The zero-order valence-corrected chi connectivity index (χ0v) is 12.5. The Morgan fingerprint density at radius 1 is 1.43 bits per heavy atom. The number of fused-ring (bicyclic) bond motifs is 1. The van der Waals surface area contributed by atoms with Crippen molar-refractivity contribution in [3.05, 3.63) is 29.3 Å². The van der Waals surface area contributed by atoms with Crippen LogP contribution in [0.15, 0.2) is 18.2 Å². The van der Waals surface area contributed by atoms with Gasteiger partial charge in [0.05, 0.1) is 6.10 Å². The summed E-state index contributed by atoms with van der Waals surface area (Å²) in [5, 5.41) is 15.4. The van der Waals surface area contributed by atoms with Crippen LogP contribution in [0.4, 0.5) is 5.69 Å². The first-order valence-electron chi connectivity index (χ1n) is 7.40. The molecule has 0 fully saturated rings. The van der Waals surface area contributed by atoms with Gasteiger partial charge in [-0.05, 0) is 36.1 Å². The first-order chi connectivity index (χ1) is 10.0. The number of hydrogen-bond donors (Lipinski definition) is 3. The maximum Gasteiger partial charge on any atom is 0.251 e. The molecule has 5 heteroatoms. The average Bonchev–Trinajstić information content (AvgIpc) is 2.50. The van der Waals surface area contributed by atoms with Gasteiger partial charge in [-0.3, -0.25) is 9.59 Å². The summed E-state index contributed by atoms with van der Waals surface area (Å²) in [6.07, 6.45) is 1.44. The molecule has 2 unspecified atom stereocenters. The van der Waals surface area contributed by atoms with Gasteiger partial charge in [0.2, 0.25) is 5.91 Å². The lowest BCUT2D eigenvalue weighted by molar-refractivity contribution is -0.116. The van der Waals surface area contributed by atoms with E-state index in [4.69, 9.17) is 0 Å². The lowest BCUT2D eigenvalue weighted by atomic mass is 9.99. The van der Waals surface area contributed by atoms with Crippen molar-refractivity contribution in [3.8, 4) is 0 Å². The van der Waals surface area contributed by atoms with Crippen molar-refractivity contribution in [2.75, 3.05) is 11.9 Å². The van der Waals surface area contributed by atoms with Crippen LogP contribution in [0.2, 0.25) is 0 Å². The molecule has 0 spiro atoms. The molecule has 114 valence electrons. The Bertz CT molecular complexity index is 542. The van der Waals surface area contributed by atoms with Gasteiger partial charge in [-0.1, -0.05) is 20.3 Å². The van der Waals surface area contributed by atoms with Crippen molar-refractivity contribution in [1.29, 1.82) is 0 Å². The van der Waals surface area contributed by atoms with Gasteiger partial charge in [-0.2, -0.15) is 0 Å². The molecule has 21 heavy (non-hydrogen) atoms. The number of nitrogens with one attached hydrogen (secondary N) is 2. The molecule has 1 aromatic carbocycles. The van der Waals surface area contributed by atoms with E-state index in [1.807, 2.05) is 13.8 Å². The number of aryl methyl sites for hydroxylation is 1. The normalized spacial score (nSPS) is 16.6. The van der Waals surface area contributed by atoms with E-state index < -0.39 is 6.10 Å². The van der Waals surface area contributed by atoms with E-state index in [1.54, 1.807) is 18.2 Å². The summed E-state index contributed by atoms with van der Waals surface area (Å²) < 4.78 is 0. The summed E-state index contributed by atoms with van der Waals surface area (Å²) in [6, 6.07) is 5.25. The number of hydrogen-bond acceptors (Lipinski definition) is 3. The Morgan fingerprint density at radius 2 is 2.19 bits per heavy atom. The first-order valence-corrected chi connectivity index (χ1v) is 7.40. The fraction of sp³-hybridized carbons (Fsp3) is 0.500. The lowest BCUT2D eigenvalue weighted by Crippen LogP contribution is -2.35. The Kier molecular flexibility index (Phi) is 4.96. The summed E-state index contributed by atoms with van der Waals surface area (Å²) >= 11 is 0. The van der Waals surface area contributed by atoms with Crippen LogP contribution in [0.25, 0.3) is 0 Å². The fourth-order valence-corrected chi connectivity index (χ4v) is 2.30. The molecule has 2 atom stereocenters. The van der Waals surface area contributed by atoms with Crippen molar-refractivity contribution < 1.29 is 14.7 Å². The van der Waals surface area contributed by atoms with Gasteiger partial charge >= 0.3 is 0 Å².